The molecule has 3 heteroatoms. The van der Waals surface area contributed by atoms with Gasteiger partial charge in [-0.2, -0.15) is 0 Å². The molecular weight excluding hydrogens is 248 g/mol. The number of ether oxygens (including phenoxy) is 1. The van der Waals surface area contributed by atoms with E-state index in [1.165, 1.54) is 5.56 Å². The third-order valence-electron chi connectivity index (χ3n) is 3.85. The molecule has 1 unspecified atom stereocenters. The minimum atomic E-state index is 0.0381. The quantitative estimate of drug-likeness (QED) is 0.826. The predicted molar refractivity (Wildman–Crippen MR) is 86.4 cm³/mol. The van der Waals surface area contributed by atoms with Gasteiger partial charge in [0.25, 0.3) is 0 Å². The van der Waals surface area contributed by atoms with E-state index in [2.05, 4.69) is 69.3 Å². The van der Waals surface area contributed by atoms with Crippen LogP contribution in [0.1, 0.15) is 46.2 Å². The van der Waals surface area contributed by atoms with E-state index in [-0.39, 0.29) is 17.7 Å². The number of rotatable bonds is 7. The Kier molecular flexibility index (Phi) is 6.03. The molecule has 0 amide bonds. The molecule has 1 aromatic rings. The molecule has 0 aliphatic rings. The third-order valence-corrected chi connectivity index (χ3v) is 3.85. The molecule has 0 saturated heterocycles. The van der Waals surface area contributed by atoms with Crippen molar-refractivity contribution >= 4 is 0 Å². The van der Waals surface area contributed by atoms with Crippen molar-refractivity contribution in [2.75, 3.05) is 20.6 Å². The maximum atomic E-state index is 5.71. The van der Waals surface area contributed by atoms with Crippen molar-refractivity contribution in [1.82, 2.24) is 10.2 Å². The molecule has 0 aromatic heterocycles. The second kappa shape index (κ2) is 7.09. The van der Waals surface area contributed by atoms with E-state index in [0.717, 1.165) is 12.3 Å². The van der Waals surface area contributed by atoms with E-state index >= 15 is 0 Å². The van der Waals surface area contributed by atoms with Crippen LogP contribution in [0.2, 0.25) is 0 Å². The first-order valence-corrected chi connectivity index (χ1v) is 7.46. The van der Waals surface area contributed by atoms with E-state index < -0.39 is 0 Å². The topological polar surface area (TPSA) is 24.5 Å². The lowest BCUT2D eigenvalue weighted by molar-refractivity contribution is 0.139. The number of nitrogens with zero attached hydrogens (tertiary/aromatic N) is 1. The zero-order chi connectivity index (χ0) is 15.3. The Bertz CT molecular complexity index is 396. The van der Waals surface area contributed by atoms with Crippen LogP contribution < -0.4 is 10.1 Å². The maximum Gasteiger partial charge on any atom is 0.119 e. The lowest BCUT2D eigenvalue weighted by Crippen LogP contribution is -2.49. The Morgan fingerprint density at radius 3 is 2.10 bits per heavy atom. The standard InChI is InChI=1S/C17H30N2O/c1-8-18-16(17(4,5)19(6)7)14-9-11-15(12-10-14)20-13(2)3/h9-13,16,18H,8H2,1-7H3. The maximum absolute atomic E-state index is 5.71. The minimum absolute atomic E-state index is 0.0381. The fraction of sp³-hybridized carbons (Fsp3) is 0.647. The summed E-state index contributed by atoms with van der Waals surface area (Å²) < 4.78 is 5.71. The molecule has 0 saturated carbocycles. The van der Waals surface area contributed by atoms with Crippen molar-refractivity contribution in [1.29, 1.82) is 0 Å². The number of hydrogen-bond donors (Lipinski definition) is 1. The van der Waals surface area contributed by atoms with Crippen LogP contribution in [-0.2, 0) is 0 Å². The number of benzene rings is 1. The van der Waals surface area contributed by atoms with E-state index in [1.807, 2.05) is 13.8 Å². The fourth-order valence-corrected chi connectivity index (χ4v) is 2.25. The Morgan fingerprint density at radius 2 is 1.70 bits per heavy atom. The van der Waals surface area contributed by atoms with Gasteiger partial charge in [-0.05, 0) is 66.0 Å². The van der Waals surface area contributed by atoms with Crippen LogP contribution in [-0.4, -0.2) is 37.2 Å². The summed E-state index contributed by atoms with van der Waals surface area (Å²) >= 11 is 0. The number of nitrogens with one attached hydrogen (secondary N) is 1. The first kappa shape index (κ1) is 17.0. The summed E-state index contributed by atoms with van der Waals surface area (Å²) in [4.78, 5) is 2.26. The smallest absolute Gasteiger partial charge is 0.119 e. The van der Waals surface area contributed by atoms with Gasteiger partial charge in [-0.1, -0.05) is 19.1 Å². The van der Waals surface area contributed by atoms with E-state index in [0.29, 0.717) is 0 Å². The van der Waals surface area contributed by atoms with E-state index in [4.69, 9.17) is 4.74 Å². The summed E-state index contributed by atoms with van der Waals surface area (Å²) in [6, 6.07) is 8.74. The molecule has 114 valence electrons. The molecule has 3 nitrogen and oxygen atoms in total. The second-order valence-corrected chi connectivity index (χ2v) is 6.27. The van der Waals surface area contributed by atoms with Gasteiger partial charge in [0.15, 0.2) is 0 Å². The van der Waals surface area contributed by atoms with Gasteiger partial charge >= 0.3 is 0 Å². The van der Waals surface area contributed by atoms with Crippen molar-refractivity contribution in [3.63, 3.8) is 0 Å². The lowest BCUT2D eigenvalue weighted by Gasteiger charge is -2.41. The Balaban J connectivity index is 2.98. The first-order valence-electron chi connectivity index (χ1n) is 7.46. The van der Waals surface area contributed by atoms with Gasteiger partial charge in [0.05, 0.1) is 12.1 Å². The molecule has 0 bridgehead atoms. The van der Waals surface area contributed by atoms with Gasteiger partial charge in [-0.15, -0.1) is 0 Å². The molecule has 1 rings (SSSR count). The predicted octanol–water partition coefficient (Wildman–Crippen LogP) is 3.46. The normalized spacial score (nSPS) is 13.8. The monoisotopic (exact) mass is 278 g/mol. The molecule has 1 atom stereocenters. The van der Waals surface area contributed by atoms with Crippen LogP contribution >= 0.6 is 0 Å². The third kappa shape index (κ3) is 4.22. The zero-order valence-electron chi connectivity index (χ0n) is 14.0. The van der Waals surface area contributed by atoms with Crippen molar-refractivity contribution < 1.29 is 4.74 Å². The molecule has 0 aliphatic heterocycles. The lowest BCUT2D eigenvalue weighted by atomic mass is 9.87. The van der Waals surface area contributed by atoms with Crippen LogP contribution in [0.4, 0.5) is 0 Å². The average Bonchev–Trinajstić information content (AvgIpc) is 2.36. The zero-order valence-corrected chi connectivity index (χ0v) is 14.0. The summed E-state index contributed by atoms with van der Waals surface area (Å²) in [6.45, 7) is 11.7. The molecular formula is C17H30N2O. The second-order valence-electron chi connectivity index (χ2n) is 6.27. The van der Waals surface area contributed by atoms with Crippen LogP contribution in [0.3, 0.4) is 0 Å². The highest BCUT2D eigenvalue weighted by Crippen LogP contribution is 2.30. The minimum Gasteiger partial charge on any atom is -0.491 e. The molecule has 0 aliphatic carbocycles. The highest BCUT2D eigenvalue weighted by Gasteiger charge is 2.32. The molecule has 0 fully saturated rings. The van der Waals surface area contributed by atoms with Crippen molar-refractivity contribution in [2.45, 2.75) is 52.3 Å². The van der Waals surface area contributed by atoms with Crippen molar-refractivity contribution in [2.24, 2.45) is 0 Å². The molecule has 0 heterocycles. The Labute approximate surface area is 124 Å². The first-order chi connectivity index (χ1) is 9.28. The highest BCUT2D eigenvalue weighted by molar-refractivity contribution is 5.31. The average molecular weight is 278 g/mol. The summed E-state index contributed by atoms with van der Waals surface area (Å²) in [7, 11) is 4.25. The van der Waals surface area contributed by atoms with Crippen LogP contribution in [0, 0.1) is 0 Å². The van der Waals surface area contributed by atoms with E-state index in [1.54, 1.807) is 0 Å². The van der Waals surface area contributed by atoms with Crippen LogP contribution in [0.5, 0.6) is 5.75 Å². The number of hydrogen-bond acceptors (Lipinski definition) is 3. The van der Waals surface area contributed by atoms with E-state index in [9.17, 15) is 0 Å². The van der Waals surface area contributed by atoms with Crippen molar-refractivity contribution in [3.05, 3.63) is 29.8 Å². The summed E-state index contributed by atoms with van der Waals surface area (Å²) in [5.74, 6) is 0.932. The van der Waals surface area contributed by atoms with Gasteiger partial charge in [-0.25, -0.2) is 0 Å². The Hall–Kier alpha value is -1.06. The molecule has 0 radical (unpaired) electrons. The van der Waals surface area contributed by atoms with Crippen LogP contribution in [0.25, 0.3) is 0 Å². The molecule has 20 heavy (non-hydrogen) atoms. The largest absolute Gasteiger partial charge is 0.491 e. The highest BCUT2D eigenvalue weighted by atomic mass is 16.5. The van der Waals surface area contributed by atoms with Gasteiger partial charge in [0, 0.05) is 5.54 Å². The summed E-state index contributed by atoms with van der Waals surface area (Å²) in [6.07, 6.45) is 0.212. The molecule has 1 N–H and O–H groups in total. The summed E-state index contributed by atoms with van der Waals surface area (Å²) in [5.41, 5.74) is 1.33. The Morgan fingerprint density at radius 1 is 1.15 bits per heavy atom. The summed E-state index contributed by atoms with van der Waals surface area (Å²) in [5, 5.41) is 3.60. The van der Waals surface area contributed by atoms with Crippen LogP contribution in [0.15, 0.2) is 24.3 Å². The molecule has 0 spiro atoms. The molecule has 1 aromatic carbocycles. The van der Waals surface area contributed by atoms with Gasteiger partial charge < -0.3 is 15.0 Å². The van der Waals surface area contributed by atoms with Gasteiger partial charge in [-0.3, -0.25) is 0 Å². The SMILES string of the molecule is CCNC(c1ccc(OC(C)C)cc1)C(C)(C)N(C)C. The van der Waals surface area contributed by atoms with Gasteiger partial charge in [0.1, 0.15) is 5.75 Å². The fourth-order valence-electron chi connectivity index (χ4n) is 2.25. The number of likely N-dealkylation sites (N-methyl/N-ethyl adjacent to an activating group) is 2. The van der Waals surface area contributed by atoms with Gasteiger partial charge in [0.2, 0.25) is 0 Å². The van der Waals surface area contributed by atoms with Crippen molar-refractivity contribution in [3.8, 4) is 5.75 Å².